The third kappa shape index (κ3) is 2.41. The maximum absolute atomic E-state index is 13.1. The van der Waals surface area contributed by atoms with Crippen molar-refractivity contribution in [1.29, 1.82) is 5.26 Å². The van der Waals surface area contributed by atoms with E-state index in [2.05, 4.69) is 11.1 Å². The number of rotatable bonds is 3. The first-order valence-electron chi connectivity index (χ1n) is 6.48. The van der Waals surface area contributed by atoms with Gasteiger partial charge in [-0.25, -0.2) is 9.37 Å². The van der Waals surface area contributed by atoms with Crippen LogP contribution >= 0.6 is 11.8 Å². The van der Waals surface area contributed by atoms with Gasteiger partial charge in [-0.1, -0.05) is 12.1 Å². The molecule has 0 spiro atoms. The highest BCUT2D eigenvalue weighted by molar-refractivity contribution is 7.98. The van der Waals surface area contributed by atoms with E-state index in [0.29, 0.717) is 11.5 Å². The van der Waals surface area contributed by atoms with Crippen molar-refractivity contribution in [3.63, 3.8) is 0 Å². The summed E-state index contributed by atoms with van der Waals surface area (Å²) in [5, 5.41) is 10.2. The van der Waals surface area contributed by atoms with E-state index in [1.807, 2.05) is 12.3 Å². The van der Waals surface area contributed by atoms with E-state index in [9.17, 15) is 9.65 Å². The molecule has 0 N–H and O–H groups in total. The predicted molar refractivity (Wildman–Crippen MR) is 78.1 cm³/mol. The highest BCUT2D eigenvalue weighted by Crippen LogP contribution is 2.42. The second-order valence-corrected chi connectivity index (χ2v) is 5.67. The van der Waals surface area contributed by atoms with Crippen LogP contribution in [0.3, 0.4) is 0 Å². The van der Waals surface area contributed by atoms with Crippen molar-refractivity contribution in [2.75, 3.05) is 6.26 Å². The number of nitrogens with zero attached hydrogens (tertiary/aromatic N) is 2. The fraction of sp³-hybridized carbons (Fsp3) is 0.250. The van der Waals surface area contributed by atoms with E-state index >= 15 is 0 Å². The monoisotopic (exact) mass is 284 g/mol. The highest BCUT2D eigenvalue weighted by atomic mass is 32.2. The second kappa shape index (κ2) is 5.26. The topological polar surface area (TPSA) is 36.7 Å². The molecule has 0 amide bonds. The molecule has 0 saturated heterocycles. The molecule has 2 nitrogen and oxygen atoms in total. The van der Waals surface area contributed by atoms with Gasteiger partial charge in [-0.3, -0.25) is 0 Å². The van der Waals surface area contributed by atoms with Crippen molar-refractivity contribution in [3.05, 3.63) is 47.4 Å². The van der Waals surface area contributed by atoms with Crippen LogP contribution in [0, 0.1) is 17.1 Å². The minimum Gasteiger partial charge on any atom is -0.245 e. The zero-order valence-electron chi connectivity index (χ0n) is 11.1. The summed E-state index contributed by atoms with van der Waals surface area (Å²) in [5.41, 5.74) is 3.34. The molecular formula is C16H13FN2S. The van der Waals surface area contributed by atoms with Crippen molar-refractivity contribution in [1.82, 2.24) is 4.98 Å². The lowest BCUT2D eigenvalue weighted by Gasteiger charge is -2.10. The summed E-state index contributed by atoms with van der Waals surface area (Å²) in [6, 6.07) is 10.5. The molecular weight excluding hydrogens is 271 g/mol. The molecule has 20 heavy (non-hydrogen) atoms. The van der Waals surface area contributed by atoms with Crippen molar-refractivity contribution >= 4 is 11.8 Å². The zero-order chi connectivity index (χ0) is 14.1. The molecule has 0 radical (unpaired) electrons. The Morgan fingerprint density at radius 1 is 1.30 bits per heavy atom. The van der Waals surface area contributed by atoms with Crippen molar-refractivity contribution < 1.29 is 4.39 Å². The fourth-order valence-corrected chi connectivity index (χ4v) is 2.80. The third-order valence-corrected chi connectivity index (χ3v) is 4.14. The van der Waals surface area contributed by atoms with Crippen LogP contribution in [-0.2, 0) is 0 Å². The molecule has 1 saturated carbocycles. The van der Waals surface area contributed by atoms with Gasteiger partial charge < -0.3 is 0 Å². The first-order chi connectivity index (χ1) is 9.72. The summed E-state index contributed by atoms with van der Waals surface area (Å²) in [6.07, 6.45) is 4.25. The Bertz CT molecular complexity index is 685. The van der Waals surface area contributed by atoms with Crippen LogP contribution in [-0.4, -0.2) is 11.2 Å². The maximum Gasteiger partial charge on any atom is 0.123 e. The first-order valence-corrected chi connectivity index (χ1v) is 7.70. The van der Waals surface area contributed by atoms with E-state index in [0.717, 1.165) is 34.7 Å². The molecule has 1 fully saturated rings. The second-order valence-electron chi connectivity index (χ2n) is 4.87. The van der Waals surface area contributed by atoms with E-state index in [4.69, 9.17) is 0 Å². The molecule has 4 heteroatoms. The van der Waals surface area contributed by atoms with E-state index in [1.165, 1.54) is 23.9 Å². The van der Waals surface area contributed by atoms with Crippen molar-refractivity contribution in [2.45, 2.75) is 23.8 Å². The summed E-state index contributed by atoms with van der Waals surface area (Å²) in [6.45, 7) is 0. The van der Waals surface area contributed by atoms with Crippen LogP contribution in [0.4, 0.5) is 4.39 Å². The molecule has 1 aliphatic rings. The third-order valence-electron chi connectivity index (χ3n) is 3.46. The Labute approximate surface area is 121 Å². The Morgan fingerprint density at radius 2 is 2.00 bits per heavy atom. The van der Waals surface area contributed by atoms with Gasteiger partial charge in [-0.05, 0) is 42.9 Å². The minimum absolute atomic E-state index is 0.270. The van der Waals surface area contributed by atoms with Gasteiger partial charge in [0.2, 0.25) is 0 Å². The Morgan fingerprint density at radius 3 is 2.55 bits per heavy atom. The Hall–Kier alpha value is -1.86. The number of halogens is 1. The van der Waals surface area contributed by atoms with Crippen LogP contribution in [0.15, 0.2) is 35.4 Å². The van der Waals surface area contributed by atoms with Gasteiger partial charge in [0.1, 0.15) is 16.9 Å². The molecule has 1 heterocycles. The molecule has 1 aromatic heterocycles. The van der Waals surface area contributed by atoms with E-state index < -0.39 is 0 Å². The van der Waals surface area contributed by atoms with Gasteiger partial charge in [0.25, 0.3) is 0 Å². The highest BCUT2D eigenvalue weighted by Gasteiger charge is 2.27. The number of hydrogen-bond acceptors (Lipinski definition) is 3. The van der Waals surface area contributed by atoms with E-state index in [-0.39, 0.29) is 5.82 Å². The zero-order valence-corrected chi connectivity index (χ0v) is 11.9. The molecule has 100 valence electrons. The van der Waals surface area contributed by atoms with Gasteiger partial charge in [0.15, 0.2) is 0 Å². The Balaban J connectivity index is 2.18. The van der Waals surface area contributed by atoms with Gasteiger partial charge in [0.05, 0.1) is 5.56 Å². The summed E-state index contributed by atoms with van der Waals surface area (Å²) < 4.78 is 13.1. The largest absolute Gasteiger partial charge is 0.245 e. The summed E-state index contributed by atoms with van der Waals surface area (Å²) in [5.74, 6) is 0.252. The molecule has 0 aliphatic heterocycles. The summed E-state index contributed by atoms with van der Waals surface area (Å²) in [4.78, 5) is 4.59. The molecule has 0 bridgehead atoms. The lowest BCUT2D eigenvalue weighted by molar-refractivity contribution is 0.628. The van der Waals surface area contributed by atoms with Crippen LogP contribution in [0.2, 0.25) is 0 Å². The predicted octanol–water partition coefficient (Wildman–Crippen LogP) is 4.36. The SMILES string of the molecule is CSc1nc(C2CC2)cc(-c2ccc(F)cc2)c1C#N. The van der Waals surface area contributed by atoms with Crippen molar-refractivity contribution in [3.8, 4) is 17.2 Å². The van der Waals surface area contributed by atoms with Crippen LogP contribution < -0.4 is 0 Å². The van der Waals surface area contributed by atoms with Crippen LogP contribution in [0.1, 0.15) is 30.0 Å². The molecule has 1 aromatic carbocycles. The standard InChI is InChI=1S/C16H13FN2S/c1-20-16-14(9-18)13(8-15(19-16)11-2-3-11)10-4-6-12(17)7-5-10/h4-8,11H,2-3H2,1H3. The van der Waals surface area contributed by atoms with Gasteiger partial charge in [-0.2, -0.15) is 5.26 Å². The van der Waals surface area contributed by atoms with E-state index in [1.54, 1.807) is 12.1 Å². The molecule has 2 aromatic rings. The smallest absolute Gasteiger partial charge is 0.123 e. The number of nitriles is 1. The number of thioether (sulfide) groups is 1. The van der Waals surface area contributed by atoms with Crippen LogP contribution in [0.25, 0.3) is 11.1 Å². The lowest BCUT2D eigenvalue weighted by atomic mass is 10.0. The number of aromatic nitrogens is 1. The number of pyridine rings is 1. The Kier molecular flexibility index (Phi) is 3.45. The first kappa shape index (κ1) is 13.1. The molecule has 3 rings (SSSR count). The average molecular weight is 284 g/mol. The summed E-state index contributed by atoms with van der Waals surface area (Å²) in [7, 11) is 0. The van der Waals surface area contributed by atoms with Crippen molar-refractivity contribution in [2.24, 2.45) is 0 Å². The molecule has 1 aliphatic carbocycles. The van der Waals surface area contributed by atoms with Gasteiger partial charge in [0, 0.05) is 17.2 Å². The molecule has 0 atom stereocenters. The number of hydrogen-bond donors (Lipinski definition) is 0. The minimum atomic E-state index is -0.270. The molecule has 0 unspecified atom stereocenters. The quantitative estimate of drug-likeness (QED) is 0.786. The maximum atomic E-state index is 13.1. The number of benzene rings is 1. The van der Waals surface area contributed by atoms with Crippen LogP contribution in [0.5, 0.6) is 0 Å². The summed E-state index contributed by atoms with van der Waals surface area (Å²) >= 11 is 1.48. The van der Waals surface area contributed by atoms with Gasteiger partial charge in [-0.15, -0.1) is 11.8 Å². The van der Waals surface area contributed by atoms with Gasteiger partial charge >= 0.3 is 0 Å². The lowest BCUT2D eigenvalue weighted by Crippen LogP contribution is -1.97. The normalized spacial score (nSPS) is 14.1. The fourth-order valence-electron chi connectivity index (χ4n) is 2.24. The average Bonchev–Trinajstić information content (AvgIpc) is 3.31.